The van der Waals surface area contributed by atoms with Crippen LogP contribution in [-0.2, 0) is 16.5 Å². The molecule has 0 saturated carbocycles. The maximum absolute atomic E-state index is 14.7. The van der Waals surface area contributed by atoms with E-state index in [1.54, 1.807) is 0 Å². The van der Waals surface area contributed by atoms with Crippen molar-refractivity contribution in [3.8, 4) is 0 Å². The van der Waals surface area contributed by atoms with Gasteiger partial charge < -0.3 is 15.3 Å². The summed E-state index contributed by atoms with van der Waals surface area (Å²) < 4.78 is 0. The molecular weight excluding hydrogens is 596 g/mol. The Morgan fingerprint density at radius 1 is 0.583 bits per heavy atom. The van der Waals surface area contributed by atoms with Crippen molar-refractivity contribution in [3.63, 3.8) is 0 Å². The van der Waals surface area contributed by atoms with Crippen LogP contribution in [0.1, 0.15) is 49.6 Å². The third kappa shape index (κ3) is 4.38. The molecule has 3 aromatic heterocycles. The Bertz CT molecular complexity index is 1650. The highest BCUT2D eigenvalue weighted by molar-refractivity contribution is 5.56. The summed E-state index contributed by atoms with van der Waals surface area (Å²) in [7, 11) is 0. The first-order chi connectivity index (χ1) is 23.6. The normalized spacial score (nSPS) is 32.1. The molecule has 0 spiro atoms. The van der Waals surface area contributed by atoms with Gasteiger partial charge in [-0.05, 0) is 80.7 Å². The predicted molar refractivity (Wildman–Crippen MR) is 188 cm³/mol. The number of aromatic nitrogens is 3. The predicted octanol–water partition coefficient (Wildman–Crippen LogP) is 4.18. The molecule has 4 aliphatic rings. The lowest BCUT2D eigenvalue weighted by Gasteiger charge is -2.75. The smallest absolute Gasteiger partial charge is 0.226 e. The molecule has 4 aliphatic heterocycles. The largest absolute Gasteiger partial charge is 0.356 e. The average Bonchev–Trinajstić information content (AvgIpc) is 3.91. The number of piperazine rings is 1. The number of hydrogen-bond acceptors (Lipinski definition) is 9. The van der Waals surface area contributed by atoms with Gasteiger partial charge in [-0.2, -0.15) is 0 Å². The summed E-state index contributed by atoms with van der Waals surface area (Å²) in [6, 6.07) is 29.7. The Morgan fingerprint density at radius 2 is 1.10 bits per heavy atom. The minimum absolute atomic E-state index is 0.518. The van der Waals surface area contributed by atoms with Gasteiger partial charge in [-0.15, -0.1) is 0 Å². The third-order valence-corrected chi connectivity index (χ3v) is 11.8. The van der Waals surface area contributed by atoms with E-state index in [1.807, 2.05) is 42.9 Å². The molecule has 0 radical (unpaired) electrons. The van der Waals surface area contributed by atoms with Crippen molar-refractivity contribution in [2.45, 2.75) is 54.9 Å². The van der Waals surface area contributed by atoms with Crippen LogP contribution in [0.15, 0.2) is 104 Å². The van der Waals surface area contributed by atoms with Crippen molar-refractivity contribution >= 4 is 5.82 Å². The second kappa shape index (κ2) is 12.6. The van der Waals surface area contributed by atoms with E-state index in [2.05, 4.69) is 92.5 Å². The maximum atomic E-state index is 14.7. The van der Waals surface area contributed by atoms with Gasteiger partial charge in [0, 0.05) is 69.8 Å². The second-order valence-corrected chi connectivity index (χ2v) is 14.1. The molecule has 9 nitrogen and oxygen atoms in total. The number of benzene rings is 1. The molecule has 4 unspecified atom stereocenters. The molecule has 0 bridgehead atoms. The first kappa shape index (κ1) is 31.5. The molecule has 9 heteroatoms. The summed E-state index contributed by atoms with van der Waals surface area (Å²) in [4.78, 5) is 25.6. The fourth-order valence-electron chi connectivity index (χ4n) is 10.0. The van der Waals surface area contributed by atoms with Crippen molar-refractivity contribution in [2.75, 3.05) is 63.8 Å². The number of anilines is 1. The standard InChI is InChI=1S/C39H48N8O/c1-36(32-15-3-2-4-16-32)31-47(35-19-7-10-22-43-35)39(48,46-27-13-14-28-46)38(44-25-11-12-26-44,34-18-6-9-21-42-34)37(36,33-17-5-8-20-41-33)45-29-23-40-24-30-45/h2-10,15-22,40,48H,11-14,23-31H2,1H3. The highest BCUT2D eigenvalue weighted by Gasteiger charge is 2.82. The summed E-state index contributed by atoms with van der Waals surface area (Å²) in [5.41, 5.74) is 0.421. The van der Waals surface area contributed by atoms with E-state index < -0.39 is 22.3 Å². The number of nitrogens with one attached hydrogen (secondary N) is 1. The van der Waals surface area contributed by atoms with Crippen molar-refractivity contribution in [1.82, 2.24) is 35.0 Å². The van der Waals surface area contributed by atoms with Gasteiger partial charge in [-0.1, -0.05) is 55.5 Å². The lowest BCUT2D eigenvalue weighted by atomic mass is 9.48. The van der Waals surface area contributed by atoms with E-state index in [4.69, 9.17) is 15.0 Å². The Kier molecular flexibility index (Phi) is 8.29. The first-order valence-corrected chi connectivity index (χ1v) is 17.8. The number of likely N-dealkylation sites (tertiary alicyclic amines) is 2. The molecule has 4 atom stereocenters. The molecule has 7 heterocycles. The number of rotatable bonds is 7. The molecule has 4 fully saturated rings. The lowest BCUT2D eigenvalue weighted by molar-refractivity contribution is -0.293. The van der Waals surface area contributed by atoms with Crippen molar-refractivity contribution in [2.24, 2.45) is 0 Å². The van der Waals surface area contributed by atoms with Gasteiger partial charge in [0.15, 0.2) is 5.54 Å². The van der Waals surface area contributed by atoms with Gasteiger partial charge in [-0.25, -0.2) is 4.98 Å². The summed E-state index contributed by atoms with van der Waals surface area (Å²) in [6.07, 6.45) is 9.87. The molecular formula is C39H48N8O. The second-order valence-electron chi connectivity index (χ2n) is 14.1. The molecule has 0 amide bonds. The SMILES string of the molecule is CC1(c2ccccc2)CN(c2ccccn2)C(O)(N2CCCC2)C(c2ccccn2)(N2CCCC2)C1(c1ccccn1)N1CCNCC1. The number of piperidine rings is 1. The quantitative estimate of drug-likeness (QED) is 0.308. The van der Waals surface area contributed by atoms with Crippen LogP contribution < -0.4 is 10.2 Å². The Morgan fingerprint density at radius 3 is 1.67 bits per heavy atom. The number of aliphatic hydroxyl groups is 1. The highest BCUT2D eigenvalue weighted by Crippen LogP contribution is 2.67. The molecule has 48 heavy (non-hydrogen) atoms. The van der Waals surface area contributed by atoms with Crippen LogP contribution in [0.3, 0.4) is 0 Å². The summed E-state index contributed by atoms with van der Waals surface area (Å²) in [5, 5.41) is 18.3. The van der Waals surface area contributed by atoms with Crippen molar-refractivity contribution in [1.29, 1.82) is 0 Å². The Balaban J connectivity index is 1.61. The van der Waals surface area contributed by atoms with E-state index in [1.165, 1.54) is 5.56 Å². The number of pyridine rings is 3. The lowest BCUT2D eigenvalue weighted by Crippen LogP contribution is -2.91. The summed E-state index contributed by atoms with van der Waals surface area (Å²) in [6.45, 7) is 9.50. The fraction of sp³-hybridized carbons (Fsp3) is 0.462. The average molecular weight is 645 g/mol. The van der Waals surface area contributed by atoms with Gasteiger partial charge in [-0.3, -0.25) is 24.7 Å². The van der Waals surface area contributed by atoms with Crippen molar-refractivity contribution < 1.29 is 5.11 Å². The van der Waals surface area contributed by atoms with E-state index in [0.29, 0.717) is 6.54 Å². The van der Waals surface area contributed by atoms with Gasteiger partial charge in [0.25, 0.3) is 0 Å². The van der Waals surface area contributed by atoms with E-state index in [-0.39, 0.29) is 0 Å². The van der Waals surface area contributed by atoms with Crippen molar-refractivity contribution in [3.05, 3.63) is 120 Å². The van der Waals surface area contributed by atoms with Crippen LogP contribution in [0.2, 0.25) is 0 Å². The molecule has 4 aromatic rings. The molecule has 250 valence electrons. The zero-order valence-electron chi connectivity index (χ0n) is 28.1. The zero-order chi connectivity index (χ0) is 32.7. The Hall–Kier alpha value is -3.73. The number of hydrogen-bond donors (Lipinski definition) is 2. The van der Waals surface area contributed by atoms with Crippen LogP contribution in [0.5, 0.6) is 0 Å². The number of nitrogens with zero attached hydrogens (tertiary/aromatic N) is 7. The first-order valence-electron chi connectivity index (χ1n) is 17.8. The molecule has 0 aliphatic carbocycles. The van der Waals surface area contributed by atoms with E-state index in [9.17, 15) is 5.11 Å². The van der Waals surface area contributed by atoms with Gasteiger partial charge in [0.1, 0.15) is 11.4 Å². The van der Waals surface area contributed by atoms with Crippen LogP contribution >= 0.6 is 0 Å². The van der Waals surface area contributed by atoms with Crippen LogP contribution in [0.4, 0.5) is 5.82 Å². The van der Waals surface area contributed by atoms with E-state index in [0.717, 1.165) is 95.2 Å². The van der Waals surface area contributed by atoms with Crippen LogP contribution in [-0.4, -0.2) is 99.5 Å². The third-order valence-electron chi connectivity index (χ3n) is 11.8. The summed E-state index contributed by atoms with van der Waals surface area (Å²) >= 11 is 0. The highest BCUT2D eigenvalue weighted by atomic mass is 16.3. The van der Waals surface area contributed by atoms with Gasteiger partial charge >= 0.3 is 0 Å². The molecule has 1 aromatic carbocycles. The molecule has 8 rings (SSSR count). The van der Waals surface area contributed by atoms with Gasteiger partial charge in [0.05, 0.1) is 11.4 Å². The fourth-order valence-corrected chi connectivity index (χ4v) is 10.0. The monoisotopic (exact) mass is 644 g/mol. The zero-order valence-corrected chi connectivity index (χ0v) is 28.1. The Labute approximate surface area is 284 Å². The topological polar surface area (TPSA) is 83.9 Å². The van der Waals surface area contributed by atoms with Gasteiger partial charge in [0.2, 0.25) is 5.85 Å². The maximum Gasteiger partial charge on any atom is 0.226 e. The molecule has 4 saturated heterocycles. The van der Waals surface area contributed by atoms with Crippen LogP contribution in [0, 0.1) is 0 Å². The summed E-state index contributed by atoms with van der Waals surface area (Å²) in [5.74, 6) is -0.781. The minimum atomic E-state index is -1.55. The minimum Gasteiger partial charge on any atom is -0.356 e. The van der Waals surface area contributed by atoms with E-state index >= 15 is 0 Å². The van der Waals surface area contributed by atoms with Crippen LogP contribution in [0.25, 0.3) is 0 Å². The molecule has 2 N–H and O–H groups in total.